The Bertz CT molecular complexity index is 651. The Morgan fingerprint density at radius 2 is 1.68 bits per heavy atom. The van der Waals surface area contributed by atoms with E-state index >= 15 is 0 Å². The number of nitrogens with one attached hydrogen (secondary N) is 2. The van der Waals surface area contributed by atoms with Crippen molar-refractivity contribution in [3.63, 3.8) is 0 Å². The minimum Gasteiger partial charge on any atom is -0.349 e. The molecule has 140 valence electrons. The van der Waals surface area contributed by atoms with Crippen molar-refractivity contribution in [3.8, 4) is 0 Å². The summed E-state index contributed by atoms with van der Waals surface area (Å²) in [7, 11) is -3.20. The number of carbonyl (C=O) groups excluding carboxylic acids is 1. The van der Waals surface area contributed by atoms with Gasteiger partial charge in [-0.3, -0.25) is 4.79 Å². The Morgan fingerprint density at radius 1 is 1.08 bits per heavy atom. The Kier molecular flexibility index (Phi) is 7.02. The third kappa shape index (κ3) is 5.82. The molecular weight excluding hydrogens is 336 g/mol. The fraction of sp³-hybridized carbons (Fsp3) is 0.632. The van der Waals surface area contributed by atoms with E-state index in [2.05, 4.69) is 17.0 Å². The molecule has 0 saturated heterocycles. The Morgan fingerprint density at radius 3 is 2.24 bits per heavy atom. The average molecular weight is 367 g/mol. The van der Waals surface area contributed by atoms with E-state index in [0.717, 1.165) is 25.7 Å². The van der Waals surface area contributed by atoms with Crippen LogP contribution in [0.1, 0.15) is 56.8 Å². The second-order valence-corrected chi connectivity index (χ2v) is 9.69. The van der Waals surface area contributed by atoms with Crippen LogP contribution in [0.2, 0.25) is 0 Å². The topological polar surface area (TPSA) is 75.3 Å². The van der Waals surface area contributed by atoms with Gasteiger partial charge in [0, 0.05) is 18.2 Å². The molecule has 1 aliphatic carbocycles. The number of sulfonamides is 1. The standard InChI is InChI=1S/C19H30N2O3S/c1-14(2)25(23,24)20-13-15(3)16-9-11-18(12-10-16)21-19(22)17-7-5-4-6-8-17/h4-8,14-16,18,20H,9-13H2,1-3H3,(H,21,22). The van der Waals surface area contributed by atoms with Crippen LogP contribution < -0.4 is 10.0 Å². The average Bonchev–Trinajstić information content (AvgIpc) is 2.61. The van der Waals surface area contributed by atoms with Crippen LogP contribution in [-0.2, 0) is 10.0 Å². The Labute approximate surface area is 151 Å². The molecule has 2 rings (SSSR count). The van der Waals surface area contributed by atoms with Gasteiger partial charge in [-0.15, -0.1) is 0 Å². The summed E-state index contributed by atoms with van der Waals surface area (Å²) in [4.78, 5) is 12.2. The first-order valence-corrected chi connectivity index (χ1v) is 10.7. The van der Waals surface area contributed by atoms with Gasteiger partial charge in [0.15, 0.2) is 0 Å². The molecule has 1 aliphatic rings. The maximum atomic E-state index is 12.2. The highest BCUT2D eigenvalue weighted by molar-refractivity contribution is 7.90. The molecule has 0 bridgehead atoms. The summed E-state index contributed by atoms with van der Waals surface area (Å²) in [6.45, 7) is 5.98. The summed E-state index contributed by atoms with van der Waals surface area (Å²) in [5.41, 5.74) is 0.695. The molecule has 2 N–H and O–H groups in total. The summed E-state index contributed by atoms with van der Waals surface area (Å²) in [6.07, 6.45) is 3.93. The fourth-order valence-electron chi connectivity index (χ4n) is 3.27. The molecule has 1 aromatic carbocycles. The molecule has 5 nitrogen and oxygen atoms in total. The third-order valence-electron chi connectivity index (χ3n) is 5.17. The quantitative estimate of drug-likeness (QED) is 0.779. The van der Waals surface area contributed by atoms with Crippen molar-refractivity contribution in [3.05, 3.63) is 35.9 Å². The number of hydrogen-bond donors (Lipinski definition) is 2. The van der Waals surface area contributed by atoms with Crippen LogP contribution in [0.15, 0.2) is 30.3 Å². The normalized spacial score (nSPS) is 22.6. The number of amides is 1. The smallest absolute Gasteiger partial charge is 0.251 e. The summed E-state index contributed by atoms with van der Waals surface area (Å²) >= 11 is 0. The number of hydrogen-bond acceptors (Lipinski definition) is 3. The molecule has 1 fully saturated rings. The van der Waals surface area contributed by atoms with Crippen LogP contribution in [0.4, 0.5) is 0 Å². The second kappa shape index (κ2) is 8.81. The third-order valence-corrected chi connectivity index (χ3v) is 6.99. The first-order chi connectivity index (χ1) is 11.8. The summed E-state index contributed by atoms with van der Waals surface area (Å²) < 4.78 is 26.5. The van der Waals surface area contributed by atoms with Crippen molar-refractivity contribution < 1.29 is 13.2 Å². The number of rotatable bonds is 7. The van der Waals surface area contributed by atoms with Gasteiger partial charge < -0.3 is 5.32 Å². The molecule has 25 heavy (non-hydrogen) atoms. The molecule has 0 spiro atoms. The zero-order chi connectivity index (χ0) is 18.4. The van der Waals surface area contributed by atoms with Gasteiger partial charge in [-0.2, -0.15) is 0 Å². The fourth-order valence-corrected chi connectivity index (χ4v) is 4.10. The molecule has 6 heteroatoms. The lowest BCUT2D eigenvalue weighted by Crippen LogP contribution is -2.40. The Hall–Kier alpha value is -1.40. The van der Waals surface area contributed by atoms with Gasteiger partial charge in [0.2, 0.25) is 10.0 Å². The highest BCUT2D eigenvalue weighted by Crippen LogP contribution is 2.30. The van der Waals surface area contributed by atoms with Gasteiger partial charge in [0.1, 0.15) is 0 Å². The molecular formula is C19H30N2O3S. The van der Waals surface area contributed by atoms with E-state index < -0.39 is 15.3 Å². The Balaban J connectivity index is 1.76. The summed E-state index contributed by atoms with van der Waals surface area (Å²) in [5, 5.41) is 2.72. The molecule has 1 unspecified atom stereocenters. The van der Waals surface area contributed by atoms with Gasteiger partial charge in [-0.25, -0.2) is 13.1 Å². The molecule has 0 aliphatic heterocycles. The summed E-state index contributed by atoms with van der Waals surface area (Å²) in [5.74, 6) is 0.792. The number of benzene rings is 1. The zero-order valence-corrected chi connectivity index (χ0v) is 16.2. The van der Waals surface area contributed by atoms with Gasteiger partial charge >= 0.3 is 0 Å². The van der Waals surface area contributed by atoms with Gasteiger partial charge in [-0.05, 0) is 63.5 Å². The maximum absolute atomic E-state index is 12.2. The lowest BCUT2D eigenvalue weighted by Gasteiger charge is -2.33. The SMILES string of the molecule is CC(CNS(=O)(=O)C(C)C)C1CCC(NC(=O)c2ccccc2)CC1. The first-order valence-electron chi connectivity index (χ1n) is 9.14. The first kappa shape index (κ1) is 19.9. The second-order valence-electron chi connectivity index (χ2n) is 7.37. The molecule has 1 amide bonds. The number of carbonyl (C=O) groups is 1. The van der Waals surface area contributed by atoms with Crippen molar-refractivity contribution in [1.82, 2.24) is 10.0 Å². The molecule has 0 heterocycles. The van der Waals surface area contributed by atoms with Crippen LogP contribution in [-0.4, -0.2) is 32.2 Å². The predicted octanol–water partition coefficient (Wildman–Crippen LogP) is 2.94. The summed E-state index contributed by atoms with van der Waals surface area (Å²) in [6, 6.07) is 9.49. The molecule has 1 saturated carbocycles. The van der Waals surface area contributed by atoms with Crippen LogP contribution in [0.5, 0.6) is 0 Å². The zero-order valence-electron chi connectivity index (χ0n) is 15.4. The van der Waals surface area contributed by atoms with Crippen molar-refractivity contribution >= 4 is 15.9 Å². The van der Waals surface area contributed by atoms with Crippen molar-refractivity contribution in [2.75, 3.05) is 6.54 Å². The molecule has 1 atom stereocenters. The van der Waals surface area contributed by atoms with Crippen LogP contribution in [0, 0.1) is 11.8 Å². The highest BCUT2D eigenvalue weighted by Gasteiger charge is 2.27. The van der Waals surface area contributed by atoms with Crippen molar-refractivity contribution in [2.24, 2.45) is 11.8 Å². The molecule has 0 radical (unpaired) electrons. The lowest BCUT2D eigenvalue weighted by molar-refractivity contribution is 0.0917. The van der Waals surface area contributed by atoms with Crippen LogP contribution in [0.3, 0.4) is 0 Å². The maximum Gasteiger partial charge on any atom is 0.251 e. The largest absolute Gasteiger partial charge is 0.349 e. The van der Waals surface area contributed by atoms with E-state index in [0.29, 0.717) is 23.9 Å². The molecule has 0 aromatic heterocycles. The van der Waals surface area contributed by atoms with E-state index in [9.17, 15) is 13.2 Å². The molecule has 1 aromatic rings. The lowest BCUT2D eigenvalue weighted by atomic mass is 9.79. The minimum atomic E-state index is -3.20. The van der Waals surface area contributed by atoms with Gasteiger partial charge in [-0.1, -0.05) is 25.1 Å². The monoisotopic (exact) mass is 366 g/mol. The van der Waals surface area contributed by atoms with Crippen molar-refractivity contribution in [1.29, 1.82) is 0 Å². The predicted molar refractivity (Wildman–Crippen MR) is 101 cm³/mol. The van der Waals surface area contributed by atoms with Crippen LogP contribution in [0.25, 0.3) is 0 Å². The van der Waals surface area contributed by atoms with Gasteiger partial charge in [0.05, 0.1) is 5.25 Å². The minimum absolute atomic E-state index is 0.0122. The van der Waals surface area contributed by atoms with Crippen molar-refractivity contribution in [2.45, 2.75) is 57.7 Å². The van der Waals surface area contributed by atoms with E-state index in [1.165, 1.54) is 0 Å². The van der Waals surface area contributed by atoms with E-state index in [1.807, 2.05) is 30.3 Å². The van der Waals surface area contributed by atoms with E-state index in [4.69, 9.17) is 0 Å². The van der Waals surface area contributed by atoms with Crippen LogP contribution >= 0.6 is 0 Å². The van der Waals surface area contributed by atoms with E-state index in [-0.39, 0.29) is 11.9 Å². The van der Waals surface area contributed by atoms with E-state index in [1.54, 1.807) is 13.8 Å². The highest BCUT2D eigenvalue weighted by atomic mass is 32.2. The van der Waals surface area contributed by atoms with Gasteiger partial charge in [0.25, 0.3) is 5.91 Å².